The number of hydrogen-bond acceptors (Lipinski definition) is 4. The third kappa shape index (κ3) is 3.10. The highest BCUT2D eigenvalue weighted by atomic mass is 16.6. The lowest BCUT2D eigenvalue weighted by Crippen LogP contribution is -2.31. The Hall–Kier alpha value is -1.62. The average molecular weight is 277 g/mol. The van der Waals surface area contributed by atoms with Gasteiger partial charge in [-0.05, 0) is 29.9 Å². The summed E-state index contributed by atoms with van der Waals surface area (Å²) < 4.78 is 5.45. The number of amides is 1. The van der Waals surface area contributed by atoms with Crippen molar-refractivity contribution < 1.29 is 9.53 Å². The van der Waals surface area contributed by atoms with Crippen LogP contribution in [-0.4, -0.2) is 29.1 Å². The highest BCUT2D eigenvalue weighted by molar-refractivity contribution is 5.71. The fourth-order valence-corrected chi connectivity index (χ4v) is 2.51. The van der Waals surface area contributed by atoms with Crippen LogP contribution in [0, 0.1) is 0 Å². The molecule has 2 heterocycles. The zero-order valence-electron chi connectivity index (χ0n) is 12.5. The topological polar surface area (TPSA) is 68.5 Å². The maximum atomic E-state index is 12.1. The van der Waals surface area contributed by atoms with E-state index in [0.717, 1.165) is 37.1 Å². The van der Waals surface area contributed by atoms with E-state index in [2.05, 4.69) is 25.8 Å². The number of hydrogen-bond donors (Lipinski definition) is 1. The van der Waals surface area contributed by atoms with E-state index in [4.69, 9.17) is 10.5 Å². The van der Waals surface area contributed by atoms with Gasteiger partial charge >= 0.3 is 6.09 Å². The van der Waals surface area contributed by atoms with Crippen LogP contribution in [0.3, 0.4) is 0 Å². The number of nitrogens with two attached hydrogens (primary N) is 1. The lowest BCUT2D eigenvalue weighted by atomic mass is 9.84. The Balaban J connectivity index is 2.25. The summed E-state index contributed by atoms with van der Waals surface area (Å²) in [5.41, 5.74) is 7.65. The van der Waals surface area contributed by atoms with Gasteiger partial charge in [0.05, 0.1) is 0 Å². The maximum absolute atomic E-state index is 12.1. The molecular weight excluding hydrogens is 254 g/mol. The van der Waals surface area contributed by atoms with Gasteiger partial charge in [-0.25, -0.2) is 9.78 Å². The van der Waals surface area contributed by atoms with Crippen molar-refractivity contribution in [2.75, 3.05) is 13.1 Å². The molecule has 110 valence electrons. The van der Waals surface area contributed by atoms with E-state index < -0.39 is 0 Å². The molecule has 5 heteroatoms. The third-order valence-corrected chi connectivity index (χ3v) is 3.58. The number of nitrogens with zero attached hydrogens (tertiary/aromatic N) is 2. The van der Waals surface area contributed by atoms with Crippen LogP contribution in [0.1, 0.15) is 44.7 Å². The number of pyridine rings is 1. The normalized spacial score (nSPS) is 15.5. The standard InChI is InChI=1S/C15H23N3O2/c1-15(2,3)12-6-7-17-13(11(12)10-16)20-14(19)18-8-4-5-9-18/h6-7H,4-5,8-10,16H2,1-3H3. The molecule has 0 aliphatic carbocycles. The van der Waals surface area contributed by atoms with Crippen LogP contribution in [-0.2, 0) is 12.0 Å². The van der Waals surface area contributed by atoms with Crippen molar-refractivity contribution in [3.05, 3.63) is 23.4 Å². The van der Waals surface area contributed by atoms with Gasteiger partial charge in [-0.15, -0.1) is 0 Å². The first-order chi connectivity index (χ1) is 9.43. The highest BCUT2D eigenvalue weighted by Crippen LogP contribution is 2.30. The lowest BCUT2D eigenvalue weighted by Gasteiger charge is -2.24. The van der Waals surface area contributed by atoms with Gasteiger partial charge in [0, 0.05) is 31.4 Å². The summed E-state index contributed by atoms with van der Waals surface area (Å²) in [6.07, 6.45) is 3.42. The molecule has 0 atom stereocenters. The predicted molar refractivity (Wildman–Crippen MR) is 77.7 cm³/mol. The van der Waals surface area contributed by atoms with Crippen LogP contribution in [0.2, 0.25) is 0 Å². The van der Waals surface area contributed by atoms with E-state index in [0.29, 0.717) is 12.4 Å². The van der Waals surface area contributed by atoms with Gasteiger partial charge < -0.3 is 15.4 Å². The summed E-state index contributed by atoms with van der Waals surface area (Å²) in [6, 6.07) is 1.94. The summed E-state index contributed by atoms with van der Waals surface area (Å²) in [7, 11) is 0. The molecule has 1 amide bonds. The fourth-order valence-electron chi connectivity index (χ4n) is 2.51. The largest absolute Gasteiger partial charge is 0.416 e. The summed E-state index contributed by atoms with van der Waals surface area (Å²) in [4.78, 5) is 18.0. The van der Waals surface area contributed by atoms with Gasteiger partial charge in [0.15, 0.2) is 0 Å². The lowest BCUT2D eigenvalue weighted by molar-refractivity contribution is 0.160. The van der Waals surface area contributed by atoms with E-state index >= 15 is 0 Å². The van der Waals surface area contributed by atoms with E-state index in [9.17, 15) is 4.79 Å². The number of aromatic nitrogens is 1. The molecule has 0 aromatic carbocycles. The summed E-state index contributed by atoms with van der Waals surface area (Å²) >= 11 is 0. The molecule has 0 bridgehead atoms. The summed E-state index contributed by atoms with van der Waals surface area (Å²) in [5, 5.41) is 0. The minimum absolute atomic E-state index is 0.0631. The Bertz CT molecular complexity index is 488. The molecule has 1 aromatic heterocycles. The predicted octanol–water partition coefficient (Wildman–Crippen LogP) is 2.43. The highest BCUT2D eigenvalue weighted by Gasteiger charge is 2.24. The van der Waals surface area contributed by atoms with E-state index in [1.54, 1.807) is 11.1 Å². The molecule has 1 saturated heterocycles. The second-order valence-electron chi connectivity index (χ2n) is 6.16. The first-order valence-corrected chi connectivity index (χ1v) is 7.08. The van der Waals surface area contributed by atoms with Crippen LogP contribution >= 0.6 is 0 Å². The molecule has 2 N–H and O–H groups in total. The average Bonchev–Trinajstić information content (AvgIpc) is 2.91. The number of ether oxygens (including phenoxy) is 1. The van der Waals surface area contributed by atoms with Crippen LogP contribution in [0.4, 0.5) is 4.79 Å². The molecule has 1 aliphatic heterocycles. The van der Waals surface area contributed by atoms with Gasteiger partial charge in [-0.2, -0.15) is 0 Å². The molecule has 2 rings (SSSR count). The van der Waals surface area contributed by atoms with Crippen molar-refractivity contribution in [3.8, 4) is 5.88 Å². The van der Waals surface area contributed by atoms with Crippen molar-refractivity contribution in [1.29, 1.82) is 0 Å². The second-order valence-corrected chi connectivity index (χ2v) is 6.16. The van der Waals surface area contributed by atoms with Gasteiger partial charge in [-0.1, -0.05) is 20.8 Å². The Morgan fingerprint density at radius 2 is 2.05 bits per heavy atom. The first kappa shape index (κ1) is 14.8. The third-order valence-electron chi connectivity index (χ3n) is 3.58. The van der Waals surface area contributed by atoms with Crippen molar-refractivity contribution in [2.45, 2.75) is 45.6 Å². The van der Waals surface area contributed by atoms with Crippen molar-refractivity contribution >= 4 is 6.09 Å². The smallest absolute Gasteiger partial charge is 0.391 e. The fraction of sp³-hybridized carbons (Fsp3) is 0.600. The quantitative estimate of drug-likeness (QED) is 0.901. The van der Waals surface area contributed by atoms with Crippen molar-refractivity contribution in [3.63, 3.8) is 0 Å². The molecule has 5 nitrogen and oxygen atoms in total. The molecule has 0 radical (unpaired) electrons. The van der Waals surface area contributed by atoms with Gasteiger partial charge in [-0.3, -0.25) is 0 Å². The number of carbonyl (C=O) groups excluding carboxylic acids is 1. The minimum Gasteiger partial charge on any atom is -0.391 e. The number of carbonyl (C=O) groups is 1. The van der Waals surface area contributed by atoms with E-state index in [1.807, 2.05) is 6.07 Å². The van der Waals surface area contributed by atoms with Crippen LogP contribution in [0.5, 0.6) is 5.88 Å². The van der Waals surface area contributed by atoms with Gasteiger partial charge in [0.1, 0.15) is 0 Å². The number of rotatable bonds is 2. The molecule has 1 aromatic rings. The van der Waals surface area contributed by atoms with Gasteiger partial charge in [0.25, 0.3) is 0 Å². The van der Waals surface area contributed by atoms with Crippen LogP contribution < -0.4 is 10.5 Å². The molecule has 1 aliphatic rings. The van der Waals surface area contributed by atoms with Gasteiger partial charge in [0.2, 0.25) is 5.88 Å². The zero-order valence-corrected chi connectivity index (χ0v) is 12.5. The molecule has 0 saturated carbocycles. The summed E-state index contributed by atoms with van der Waals surface area (Å²) in [6.45, 7) is 8.14. The zero-order chi connectivity index (χ0) is 14.8. The van der Waals surface area contributed by atoms with Crippen LogP contribution in [0.25, 0.3) is 0 Å². The Morgan fingerprint density at radius 1 is 1.40 bits per heavy atom. The van der Waals surface area contributed by atoms with Crippen molar-refractivity contribution in [1.82, 2.24) is 9.88 Å². The SMILES string of the molecule is CC(C)(C)c1ccnc(OC(=O)N2CCCC2)c1CN. The van der Waals surface area contributed by atoms with E-state index in [-0.39, 0.29) is 11.5 Å². The Labute approximate surface area is 120 Å². The molecule has 20 heavy (non-hydrogen) atoms. The van der Waals surface area contributed by atoms with E-state index in [1.165, 1.54) is 0 Å². The molecular formula is C15H23N3O2. The summed E-state index contributed by atoms with van der Waals surface area (Å²) in [5.74, 6) is 0.344. The Kier molecular flexibility index (Phi) is 4.28. The molecule has 0 spiro atoms. The van der Waals surface area contributed by atoms with Crippen molar-refractivity contribution in [2.24, 2.45) is 5.73 Å². The number of likely N-dealkylation sites (tertiary alicyclic amines) is 1. The van der Waals surface area contributed by atoms with Crippen LogP contribution in [0.15, 0.2) is 12.3 Å². The monoisotopic (exact) mass is 277 g/mol. The minimum atomic E-state index is -0.323. The first-order valence-electron chi connectivity index (χ1n) is 7.08. The second kappa shape index (κ2) is 5.79. The molecule has 1 fully saturated rings. The maximum Gasteiger partial charge on any atom is 0.416 e. The Morgan fingerprint density at radius 3 is 2.60 bits per heavy atom. The molecule has 0 unspecified atom stereocenters.